The maximum absolute atomic E-state index is 12.9. The molecule has 1 N–H and O–H groups in total. The Morgan fingerprint density at radius 2 is 2.08 bits per heavy atom. The molecule has 1 aromatic carbocycles. The quantitative estimate of drug-likeness (QED) is 0.663. The molecule has 0 saturated carbocycles. The van der Waals surface area contributed by atoms with E-state index in [0.717, 1.165) is 16.9 Å². The second kappa shape index (κ2) is 6.63. The van der Waals surface area contributed by atoms with Crippen LogP contribution in [-0.4, -0.2) is 32.7 Å². The molecule has 0 unspecified atom stereocenters. The van der Waals surface area contributed by atoms with Crippen molar-refractivity contribution in [3.63, 3.8) is 0 Å². The summed E-state index contributed by atoms with van der Waals surface area (Å²) in [7, 11) is 0. The molecule has 10 heteroatoms. The Hall–Kier alpha value is -2.36. The van der Waals surface area contributed by atoms with Gasteiger partial charge in [-0.3, -0.25) is 0 Å². The van der Waals surface area contributed by atoms with E-state index < -0.39 is 11.9 Å². The topological polar surface area (TPSA) is 64.3 Å². The van der Waals surface area contributed by atoms with E-state index in [0.29, 0.717) is 5.75 Å². The molecular weight excluding hydrogens is 391 g/mol. The number of aromatic nitrogens is 4. The fourth-order valence-corrected chi connectivity index (χ4v) is 2.37. The van der Waals surface area contributed by atoms with Crippen molar-refractivity contribution < 1.29 is 17.9 Å². The van der Waals surface area contributed by atoms with E-state index in [1.807, 2.05) is 12.1 Å². The smallest absolute Gasteiger partial charge is 0.433 e. The predicted molar refractivity (Wildman–Crippen MR) is 83.9 cm³/mol. The maximum atomic E-state index is 12.9. The average Bonchev–Trinajstić information content (AvgIpc) is 2.99. The highest BCUT2D eigenvalue weighted by molar-refractivity contribution is 9.10. The lowest BCUT2D eigenvalue weighted by Gasteiger charge is -2.12. The zero-order chi connectivity index (χ0) is 17.2. The third-order valence-corrected chi connectivity index (χ3v) is 3.51. The van der Waals surface area contributed by atoms with E-state index in [-0.39, 0.29) is 24.7 Å². The molecule has 24 heavy (non-hydrogen) atoms. The van der Waals surface area contributed by atoms with Crippen LogP contribution in [0.1, 0.15) is 5.69 Å². The summed E-state index contributed by atoms with van der Waals surface area (Å²) >= 11 is 3.33. The van der Waals surface area contributed by atoms with Gasteiger partial charge in [-0.1, -0.05) is 22.0 Å². The van der Waals surface area contributed by atoms with Crippen LogP contribution >= 0.6 is 15.9 Å². The molecule has 0 aliphatic heterocycles. The molecule has 3 rings (SSSR count). The molecule has 0 bridgehead atoms. The highest BCUT2D eigenvalue weighted by atomic mass is 79.9. The SMILES string of the molecule is FC(F)(F)c1cc(NCCOc2cccc(Br)c2)n2ncnc2n1. The highest BCUT2D eigenvalue weighted by Gasteiger charge is 2.34. The van der Waals surface area contributed by atoms with Crippen LogP contribution in [0.2, 0.25) is 0 Å². The number of rotatable bonds is 5. The Balaban J connectivity index is 1.69. The van der Waals surface area contributed by atoms with Gasteiger partial charge in [-0.25, -0.2) is 4.98 Å². The van der Waals surface area contributed by atoms with Crippen LogP contribution in [0.15, 0.2) is 41.1 Å². The largest absolute Gasteiger partial charge is 0.492 e. The molecule has 0 aliphatic rings. The molecule has 2 aromatic heterocycles. The summed E-state index contributed by atoms with van der Waals surface area (Å²) in [5.74, 6) is 0.672. The first kappa shape index (κ1) is 16.5. The van der Waals surface area contributed by atoms with Gasteiger partial charge in [0, 0.05) is 10.5 Å². The standard InChI is InChI=1S/C14H11BrF3N5O/c15-9-2-1-3-10(6-9)24-5-4-19-12-7-11(14(16,17)18)22-13-20-8-21-23(12)13/h1-3,6-8,19H,4-5H2. The van der Waals surface area contributed by atoms with E-state index in [9.17, 15) is 13.2 Å². The van der Waals surface area contributed by atoms with Crippen molar-refractivity contribution in [2.45, 2.75) is 6.18 Å². The van der Waals surface area contributed by atoms with Crippen LogP contribution in [0.3, 0.4) is 0 Å². The molecule has 0 fully saturated rings. The minimum absolute atomic E-state index is 0.125. The lowest BCUT2D eigenvalue weighted by atomic mass is 10.3. The van der Waals surface area contributed by atoms with Crippen LogP contribution < -0.4 is 10.1 Å². The first-order valence-electron chi connectivity index (χ1n) is 6.84. The Morgan fingerprint density at radius 3 is 2.83 bits per heavy atom. The summed E-state index contributed by atoms with van der Waals surface area (Å²) in [5.41, 5.74) is -1.03. The molecule has 0 aliphatic carbocycles. The second-order valence-corrected chi connectivity index (χ2v) is 5.64. The number of hydrogen-bond acceptors (Lipinski definition) is 5. The molecule has 0 atom stereocenters. The molecule has 126 valence electrons. The molecule has 0 spiro atoms. The van der Waals surface area contributed by atoms with Crippen molar-refractivity contribution in [2.75, 3.05) is 18.5 Å². The van der Waals surface area contributed by atoms with E-state index in [2.05, 4.69) is 36.3 Å². The monoisotopic (exact) mass is 401 g/mol. The van der Waals surface area contributed by atoms with Gasteiger partial charge in [0.05, 0.1) is 6.54 Å². The molecule has 0 saturated heterocycles. The fraction of sp³-hybridized carbons (Fsp3) is 0.214. The number of hydrogen-bond donors (Lipinski definition) is 1. The van der Waals surface area contributed by atoms with Crippen molar-refractivity contribution >= 4 is 27.5 Å². The predicted octanol–water partition coefficient (Wildman–Crippen LogP) is 3.40. The summed E-state index contributed by atoms with van der Waals surface area (Å²) in [6, 6.07) is 8.16. The minimum atomic E-state index is -4.56. The minimum Gasteiger partial charge on any atom is -0.492 e. The van der Waals surface area contributed by atoms with Crippen LogP contribution in [0.5, 0.6) is 5.75 Å². The maximum Gasteiger partial charge on any atom is 0.433 e. The number of anilines is 1. The number of ether oxygens (including phenoxy) is 1. The van der Waals surface area contributed by atoms with Crippen molar-refractivity contribution in [1.82, 2.24) is 19.6 Å². The summed E-state index contributed by atoms with van der Waals surface area (Å²) in [5, 5.41) is 6.71. The lowest BCUT2D eigenvalue weighted by Crippen LogP contribution is -2.17. The van der Waals surface area contributed by atoms with Crippen molar-refractivity contribution in [2.24, 2.45) is 0 Å². The fourth-order valence-electron chi connectivity index (χ4n) is 1.99. The lowest BCUT2D eigenvalue weighted by molar-refractivity contribution is -0.141. The zero-order valence-electron chi connectivity index (χ0n) is 12.1. The van der Waals surface area contributed by atoms with Gasteiger partial charge in [0.15, 0.2) is 5.69 Å². The van der Waals surface area contributed by atoms with E-state index in [1.54, 1.807) is 12.1 Å². The van der Waals surface area contributed by atoms with Gasteiger partial charge >= 0.3 is 6.18 Å². The Labute approximate surface area is 142 Å². The van der Waals surface area contributed by atoms with Crippen molar-refractivity contribution in [3.05, 3.63) is 46.8 Å². The highest BCUT2D eigenvalue weighted by Crippen LogP contribution is 2.29. The summed E-state index contributed by atoms with van der Waals surface area (Å²) in [6.45, 7) is 0.541. The van der Waals surface area contributed by atoms with Crippen LogP contribution in [0.25, 0.3) is 5.78 Å². The second-order valence-electron chi connectivity index (χ2n) is 4.73. The average molecular weight is 402 g/mol. The van der Waals surface area contributed by atoms with Crippen LogP contribution in [0.4, 0.5) is 19.0 Å². The summed E-state index contributed by atoms with van der Waals surface area (Å²) in [4.78, 5) is 7.14. The van der Waals surface area contributed by atoms with Gasteiger partial charge in [0.1, 0.15) is 24.5 Å². The Kier molecular flexibility index (Phi) is 4.56. The first-order valence-corrected chi connectivity index (χ1v) is 7.63. The number of fused-ring (bicyclic) bond motifs is 1. The Morgan fingerprint density at radius 1 is 1.25 bits per heavy atom. The van der Waals surface area contributed by atoms with Gasteiger partial charge in [-0.05, 0) is 18.2 Å². The molecule has 0 radical (unpaired) electrons. The van der Waals surface area contributed by atoms with Crippen LogP contribution in [0, 0.1) is 0 Å². The first-order chi connectivity index (χ1) is 11.4. The van der Waals surface area contributed by atoms with Crippen molar-refractivity contribution in [3.8, 4) is 5.75 Å². The van der Waals surface area contributed by atoms with Gasteiger partial charge in [-0.15, -0.1) is 0 Å². The summed E-state index contributed by atoms with van der Waals surface area (Å²) < 4.78 is 46.2. The number of nitrogens with one attached hydrogen (secondary N) is 1. The van der Waals surface area contributed by atoms with Gasteiger partial charge < -0.3 is 10.1 Å². The molecule has 2 heterocycles. The van der Waals surface area contributed by atoms with Crippen LogP contribution in [-0.2, 0) is 6.18 Å². The molecule has 3 aromatic rings. The third kappa shape index (κ3) is 3.75. The molecular formula is C14H11BrF3N5O. The zero-order valence-corrected chi connectivity index (χ0v) is 13.7. The molecule has 0 amide bonds. The van der Waals surface area contributed by atoms with E-state index in [4.69, 9.17) is 4.74 Å². The van der Waals surface area contributed by atoms with Gasteiger partial charge in [0.25, 0.3) is 5.78 Å². The normalized spacial score (nSPS) is 11.7. The van der Waals surface area contributed by atoms with Gasteiger partial charge in [0.2, 0.25) is 0 Å². The van der Waals surface area contributed by atoms with Crippen molar-refractivity contribution in [1.29, 1.82) is 0 Å². The number of alkyl halides is 3. The third-order valence-electron chi connectivity index (χ3n) is 3.02. The summed E-state index contributed by atoms with van der Waals surface area (Å²) in [6.07, 6.45) is -3.41. The van der Waals surface area contributed by atoms with E-state index >= 15 is 0 Å². The number of nitrogens with zero attached hydrogens (tertiary/aromatic N) is 4. The molecule has 6 nitrogen and oxygen atoms in total. The number of halogens is 4. The van der Waals surface area contributed by atoms with Gasteiger partial charge in [-0.2, -0.15) is 27.8 Å². The Bertz CT molecular complexity index is 852. The number of benzene rings is 1. The van der Waals surface area contributed by atoms with E-state index in [1.165, 1.54) is 4.52 Å².